The number of likely N-dealkylation sites (N-methyl/N-ethyl adjacent to an activating group) is 1. The lowest BCUT2D eigenvalue weighted by Crippen LogP contribution is -2.57. The molecule has 2 rings (SSSR count). The van der Waals surface area contributed by atoms with Gasteiger partial charge >= 0.3 is 0 Å². The van der Waals surface area contributed by atoms with Gasteiger partial charge in [-0.05, 0) is 26.9 Å². The van der Waals surface area contributed by atoms with Crippen LogP contribution in [0.3, 0.4) is 0 Å². The lowest BCUT2D eigenvalue weighted by molar-refractivity contribution is -0.142. The van der Waals surface area contributed by atoms with Crippen molar-refractivity contribution in [2.75, 3.05) is 33.2 Å². The minimum Gasteiger partial charge on any atom is -0.336 e. The van der Waals surface area contributed by atoms with E-state index in [1.807, 2.05) is 14.0 Å². The summed E-state index contributed by atoms with van der Waals surface area (Å²) in [5.41, 5.74) is 0. The molecule has 0 spiro atoms. The normalized spacial score (nSPS) is 35.3. The molecule has 14 heavy (non-hydrogen) atoms. The molecule has 0 aromatic rings. The molecule has 80 valence electrons. The van der Waals surface area contributed by atoms with Crippen molar-refractivity contribution in [2.24, 2.45) is 0 Å². The van der Waals surface area contributed by atoms with Gasteiger partial charge < -0.3 is 10.2 Å². The van der Waals surface area contributed by atoms with Crippen LogP contribution in [0.1, 0.15) is 13.3 Å². The average Bonchev–Trinajstić information content (AvgIpc) is 2.67. The number of carbonyl (C=O) groups excluding carboxylic acids is 1. The van der Waals surface area contributed by atoms with Crippen LogP contribution in [0.25, 0.3) is 0 Å². The van der Waals surface area contributed by atoms with Gasteiger partial charge in [-0.2, -0.15) is 0 Å². The molecule has 2 atom stereocenters. The zero-order valence-electron chi connectivity index (χ0n) is 8.99. The maximum atomic E-state index is 12.0. The molecule has 2 saturated heterocycles. The van der Waals surface area contributed by atoms with Crippen LogP contribution in [0, 0.1) is 0 Å². The van der Waals surface area contributed by atoms with Crippen LogP contribution in [-0.4, -0.2) is 61.0 Å². The monoisotopic (exact) mass is 197 g/mol. The van der Waals surface area contributed by atoms with E-state index in [1.54, 1.807) is 0 Å². The molecule has 0 aromatic carbocycles. The second kappa shape index (κ2) is 3.87. The van der Waals surface area contributed by atoms with Gasteiger partial charge in [0.05, 0.1) is 6.04 Å². The molecule has 1 amide bonds. The molecule has 2 fully saturated rings. The molecule has 2 aliphatic rings. The predicted molar refractivity (Wildman–Crippen MR) is 55.1 cm³/mol. The Balaban J connectivity index is 2.02. The number of hydrogen-bond acceptors (Lipinski definition) is 3. The van der Waals surface area contributed by atoms with Gasteiger partial charge in [0.1, 0.15) is 0 Å². The highest BCUT2D eigenvalue weighted by Crippen LogP contribution is 2.15. The number of hydrogen-bond donors (Lipinski definition) is 1. The smallest absolute Gasteiger partial charge is 0.239 e. The average molecular weight is 197 g/mol. The lowest BCUT2D eigenvalue weighted by Gasteiger charge is -2.40. The summed E-state index contributed by atoms with van der Waals surface area (Å²) in [4.78, 5) is 16.2. The van der Waals surface area contributed by atoms with E-state index in [1.165, 1.54) is 0 Å². The van der Waals surface area contributed by atoms with E-state index in [0.29, 0.717) is 11.9 Å². The van der Waals surface area contributed by atoms with Crippen LogP contribution in [0.4, 0.5) is 0 Å². The number of nitrogens with zero attached hydrogens (tertiary/aromatic N) is 2. The van der Waals surface area contributed by atoms with Crippen molar-refractivity contribution in [1.29, 1.82) is 0 Å². The Labute approximate surface area is 85.2 Å². The SMILES string of the molecule is CC1C(=O)N(C2CCNC2)CCN1C. The second-order valence-electron chi connectivity index (χ2n) is 4.33. The van der Waals surface area contributed by atoms with Crippen LogP contribution in [0.15, 0.2) is 0 Å². The summed E-state index contributed by atoms with van der Waals surface area (Å²) >= 11 is 0. The second-order valence-corrected chi connectivity index (χ2v) is 4.33. The third-order valence-electron chi connectivity index (χ3n) is 3.47. The Morgan fingerprint density at radius 3 is 2.86 bits per heavy atom. The third-order valence-corrected chi connectivity index (χ3v) is 3.47. The highest BCUT2D eigenvalue weighted by Gasteiger charge is 2.34. The Morgan fingerprint density at radius 1 is 1.43 bits per heavy atom. The first kappa shape index (κ1) is 9.93. The number of carbonyl (C=O) groups is 1. The Kier molecular flexibility index (Phi) is 2.74. The Bertz CT molecular complexity index is 225. The van der Waals surface area contributed by atoms with Crippen molar-refractivity contribution in [3.63, 3.8) is 0 Å². The molecule has 0 bridgehead atoms. The van der Waals surface area contributed by atoms with Gasteiger partial charge in [-0.25, -0.2) is 0 Å². The van der Waals surface area contributed by atoms with E-state index < -0.39 is 0 Å². The minimum absolute atomic E-state index is 0.0596. The number of rotatable bonds is 1. The summed E-state index contributed by atoms with van der Waals surface area (Å²) in [6.07, 6.45) is 1.11. The largest absolute Gasteiger partial charge is 0.336 e. The molecule has 1 N–H and O–H groups in total. The molecular formula is C10H19N3O. The van der Waals surface area contributed by atoms with Gasteiger partial charge in [-0.1, -0.05) is 0 Å². The van der Waals surface area contributed by atoms with Gasteiger partial charge in [0.2, 0.25) is 5.91 Å². The van der Waals surface area contributed by atoms with Gasteiger partial charge in [0.25, 0.3) is 0 Å². The maximum absolute atomic E-state index is 12.0. The number of piperazine rings is 1. The minimum atomic E-state index is 0.0596. The van der Waals surface area contributed by atoms with E-state index in [2.05, 4.69) is 15.1 Å². The van der Waals surface area contributed by atoms with E-state index in [9.17, 15) is 4.79 Å². The van der Waals surface area contributed by atoms with E-state index >= 15 is 0 Å². The fourth-order valence-electron chi connectivity index (χ4n) is 2.27. The molecular weight excluding hydrogens is 178 g/mol. The molecule has 0 aliphatic carbocycles. The summed E-state index contributed by atoms with van der Waals surface area (Å²) in [5.74, 6) is 0.299. The molecule has 2 aliphatic heterocycles. The van der Waals surface area contributed by atoms with Crippen LogP contribution in [0.2, 0.25) is 0 Å². The van der Waals surface area contributed by atoms with E-state index in [4.69, 9.17) is 0 Å². The zero-order chi connectivity index (χ0) is 10.1. The quantitative estimate of drug-likeness (QED) is 0.616. The summed E-state index contributed by atoms with van der Waals surface area (Å²) in [6.45, 7) is 5.92. The first-order chi connectivity index (χ1) is 6.70. The molecule has 2 heterocycles. The van der Waals surface area contributed by atoms with E-state index in [0.717, 1.165) is 32.6 Å². The highest BCUT2D eigenvalue weighted by atomic mass is 16.2. The molecule has 4 heteroatoms. The maximum Gasteiger partial charge on any atom is 0.239 e. The molecule has 0 aromatic heterocycles. The fourth-order valence-corrected chi connectivity index (χ4v) is 2.27. The summed E-state index contributed by atoms with van der Waals surface area (Å²) < 4.78 is 0. The molecule has 2 unspecified atom stereocenters. The van der Waals surface area contributed by atoms with Gasteiger partial charge in [0, 0.05) is 25.7 Å². The van der Waals surface area contributed by atoms with Crippen molar-refractivity contribution in [3.8, 4) is 0 Å². The third kappa shape index (κ3) is 1.64. The van der Waals surface area contributed by atoms with E-state index in [-0.39, 0.29) is 6.04 Å². The van der Waals surface area contributed by atoms with Crippen molar-refractivity contribution >= 4 is 5.91 Å². The van der Waals surface area contributed by atoms with Gasteiger partial charge in [0.15, 0.2) is 0 Å². The highest BCUT2D eigenvalue weighted by molar-refractivity contribution is 5.82. The van der Waals surface area contributed by atoms with Crippen molar-refractivity contribution in [2.45, 2.75) is 25.4 Å². The number of nitrogens with one attached hydrogen (secondary N) is 1. The fraction of sp³-hybridized carbons (Fsp3) is 0.900. The van der Waals surface area contributed by atoms with Crippen LogP contribution >= 0.6 is 0 Å². The summed E-state index contributed by atoms with van der Waals surface area (Å²) in [6, 6.07) is 0.503. The van der Waals surface area contributed by atoms with Crippen LogP contribution in [-0.2, 0) is 4.79 Å². The van der Waals surface area contributed by atoms with Crippen molar-refractivity contribution in [3.05, 3.63) is 0 Å². The Hall–Kier alpha value is -0.610. The zero-order valence-corrected chi connectivity index (χ0v) is 8.99. The van der Waals surface area contributed by atoms with Gasteiger partial charge in [-0.3, -0.25) is 9.69 Å². The molecule has 0 saturated carbocycles. The summed E-state index contributed by atoms with van der Waals surface area (Å²) in [5, 5.41) is 3.31. The predicted octanol–water partition coefficient (Wildman–Crippen LogP) is -0.489. The first-order valence-electron chi connectivity index (χ1n) is 5.41. The van der Waals surface area contributed by atoms with Crippen LogP contribution in [0.5, 0.6) is 0 Å². The topological polar surface area (TPSA) is 35.6 Å². The number of amides is 1. The first-order valence-corrected chi connectivity index (χ1v) is 5.41. The standard InChI is InChI=1S/C10H19N3O/c1-8-10(14)13(6-5-12(8)2)9-3-4-11-7-9/h8-9,11H,3-7H2,1-2H3. The van der Waals surface area contributed by atoms with Crippen molar-refractivity contribution < 1.29 is 4.79 Å². The van der Waals surface area contributed by atoms with Crippen molar-refractivity contribution in [1.82, 2.24) is 15.1 Å². The van der Waals surface area contributed by atoms with Gasteiger partial charge in [-0.15, -0.1) is 0 Å². The summed E-state index contributed by atoms with van der Waals surface area (Å²) in [7, 11) is 2.02. The lowest BCUT2D eigenvalue weighted by atomic mass is 10.1. The molecule has 4 nitrogen and oxygen atoms in total. The molecule has 0 radical (unpaired) electrons. The van der Waals surface area contributed by atoms with Crippen LogP contribution < -0.4 is 5.32 Å². The Morgan fingerprint density at radius 2 is 2.21 bits per heavy atom.